The van der Waals surface area contributed by atoms with Gasteiger partial charge in [0.05, 0.1) is 36.0 Å². The van der Waals surface area contributed by atoms with Gasteiger partial charge in [-0.05, 0) is 25.0 Å². The predicted octanol–water partition coefficient (Wildman–Crippen LogP) is 3.94. The number of rotatable bonds is 4. The van der Waals surface area contributed by atoms with Gasteiger partial charge in [0, 0.05) is 23.9 Å². The van der Waals surface area contributed by atoms with Crippen LogP contribution >= 0.6 is 0 Å². The van der Waals surface area contributed by atoms with E-state index in [0.717, 1.165) is 10.9 Å². The Balaban J connectivity index is 1.37. The molecular formula is C21H19F3N4O2. The minimum atomic E-state index is -4.38. The van der Waals surface area contributed by atoms with Gasteiger partial charge in [-0.2, -0.15) is 18.3 Å². The van der Waals surface area contributed by atoms with Crippen LogP contribution in [-0.2, 0) is 13.1 Å². The molecule has 0 atom stereocenters. The van der Waals surface area contributed by atoms with Crippen LogP contribution in [0, 0.1) is 5.41 Å². The number of amides is 1. The molecule has 30 heavy (non-hydrogen) atoms. The van der Waals surface area contributed by atoms with Crippen molar-refractivity contribution >= 4 is 22.6 Å². The molecule has 0 radical (unpaired) electrons. The van der Waals surface area contributed by atoms with Crippen LogP contribution in [0.15, 0.2) is 36.5 Å². The normalized spacial score (nSPS) is 17.8. The molecule has 1 saturated carbocycles. The molecule has 9 heteroatoms. The van der Waals surface area contributed by atoms with E-state index in [4.69, 9.17) is 0 Å². The average Bonchev–Trinajstić information content (AvgIpc) is 3.21. The Morgan fingerprint density at radius 1 is 1.17 bits per heavy atom. The van der Waals surface area contributed by atoms with E-state index in [2.05, 4.69) is 10.1 Å². The van der Waals surface area contributed by atoms with Crippen LogP contribution in [0.1, 0.15) is 45.8 Å². The fraction of sp³-hybridized carbons (Fsp3) is 0.381. The quantitative estimate of drug-likeness (QED) is 0.655. The second kappa shape index (κ2) is 6.45. The number of benzene rings is 1. The van der Waals surface area contributed by atoms with Crippen LogP contribution in [0.25, 0.3) is 10.9 Å². The van der Waals surface area contributed by atoms with Gasteiger partial charge < -0.3 is 9.88 Å². The molecule has 1 fully saturated rings. The highest BCUT2D eigenvalue weighted by Crippen LogP contribution is 2.60. The molecule has 156 valence electrons. The summed E-state index contributed by atoms with van der Waals surface area (Å²) in [6.07, 6.45) is -3.65. The van der Waals surface area contributed by atoms with E-state index < -0.39 is 23.8 Å². The molecule has 3 aromatic rings. The summed E-state index contributed by atoms with van der Waals surface area (Å²) in [5.41, 5.74) is 0.0630. The van der Waals surface area contributed by atoms with Crippen molar-refractivity contribution < 1.29 is 22.8 Å². The van der Waals surface area contributed by atoms with E-state index >= 15 is 0 Å². The van der Waals surface area contributed by atoms with Crippen molar-refractivity contribution in [3.05, 3.63) is 53.5 Å². The highest BCUT2D eigenvalue weighted by atomic mass is 19.4. The molecule has 1 aromatic carbocycles. The lowest BCUT2D eigenvalue weighted by atomic mass is 9.95. The molecule has 2 aliphatic rings. The Kier molecular flexibility index (Phi) is 4.06. The SMILES string of the molecule is O=C(CC1(C(F)(F)F)CC1)c1cnn2c1CN(C(=O)c1cc3ccccc3[nH]1)CC2. The summed E-state index contributed by atoms with van der Waals surface area (Å²) in [7, 11) is 0. The van der Waals surface area contributed by atoms with Crippen LogP contribution in [-0.4, -0.2) is 44.1 Å². The zero-order valence-electron chi connectivity index (χ0n) is 16.0. The predicted molar refractivity (Wildman–Crippen MR) is 102 cm³/mol. The number of alkyl halides is 3. The summed E-state index contributed by atoms with van der Waals surface area (Å²) < 4.78 is 41.4. The molecule has 0 bridgehead atoms. The number of H-pyrrole nitrogens is 1. The number of Topliss-reactive ketones (excluding diaryl/α,β-unsaturated/α-hetero) is 1. The number of aromatic nitrogens is 3. The zero-order chi connectivity index (χ0) is 21.1. The maximum atomic E-state index is 13.3. The second-order valence-corrected chi connectivity index (χ2v) is 8.10. The smallest absolute Gasteiger partial charge is 0.351 e. The number of hydrogen-bond acceptors (Lipinski definition) is 3. The van der Waals surface area contributed by atoms with E-state index in [9.17, 15) is 22.8 Å². The largest absolute Gasteiger partial charge is 0.394 e. The fourth-order valence-corrected chi connectivity index (χ4v) is 4.12. The van der Waals surface area contributed by atoms with Gasteiger partial charge in [0.1, 0.15) is 5.69 Å². The van der Waals surface area contributed by atoms with E-state index in [1.807, 2.05) is 24.3 Å². The lowest BCUT2D eigenvalue weighted by Crippen LogP contribution is -2.39. The summed E-state index contributed by atoms with van der Waals surface area (Å²) >= 11 is 0. The number of para-hydroxylation sites is 1. The summed E-state index contributed by atoms with van der Waals surface area (Å²) in [5.74, 6) is -0.781. The highest BCUT2D eigenvalue weighted by molar-refractivity contribution is 5.99. The number of hydrogen-bond donors (Lipinski definition) is 1. The molecular weight excluding hydrogens is 397 g/mol. The molecule has 0 spiro atoms. The average molecular weight is 416 g/mol. The van der Waals surface area contributed by atoms with Gasteiger partial charge in [0.15, 0.2) is 5.78 Å². The molecule has 0 unspecified atom stereocenters. The van der Waals surface area contributed by atoms with Crippen molar-refractivity contribution in [2.45, 2.75) is 38.5 Å². The molecule has 2 aromatic heterocycles. The number of carbonyl (C=O) groups excluding carboxylic acids is 2. The van der Waals surface area contributed by atoms with Crippen molar-refractivity contribution in [3.8, 4) is 0 Å². The number of nitrogens with one attached hydrogen (secondary N) is 1. The minimum Gasteiger partial charge on any atom is -0.351 e. The van der Waals surface area contributed by atoms with Crippen molar-refractivity contribution in [2.24, 2.45) is 5.41 Å². The standard InChI is InChI=1S/C21H19F3N4O2/c22-21(23,24)20(5-6-20)10-18(29)14-11-25-28-8-7-27(12-17(14)28)19(30)16-9-13-3-1-2-4-15(13)26-16/h1-4,9,11,26H,5-8,10,12H2. The highest BCUT2D eigenvalue weighted by Gasteiger charge is 2.63. The monoisotopic (exact) mass is 416 g/mol. The number of aromatic amines is 1. The van der Waals surface area contributed by atoms with E-state index in [0.29, 0.717) is 24.5 Å². The summed E-state index contributed by atoms with van der Waals surface area (Å²) in [5, 5.41) is 5.08. The second-order valence-electron chi connectivity index (χ2n) is 8.10. The first-order valence-corrected chi connectivity index (χ1v) is 9.79. The Hall–Kier alpha value is -3.10. The zero-order valence-corrected chi connectivity index (χ0v) is 16.0. The third-order valence-corrected chi connectivity index (χ3v) is 6.17. The molecule has 1 aliphatic heterocycles. The van der Waals surface area contributed by atoms with Crippen molar-refractivity contribution in [3.63, 3.8) is 0 Å². The maximum absolute atomic E-state index is 13.3. The third-order valence-electron chi connectivity index (χ3n) is 6.17. The maximum Gasteiger partial charge on any atom is 0.394 e. The summed E-state index contributed by atoms with van der Waals surface area (Å²) in [6.45, 7) is 0.927. The summed E-state index contributed by atoms with van der Waals surface area (Å²) in [6, 6.07) is 9.31. The Bertz CT molecular complexity index is 1120. The first-order valence-electron chi connectivity index (χ1n) is 9.79. The summed E-state index contributed by atoms with van der Waals surface area (Å²) in [4.78, 5) is 30.4. The Morgan fingerprint density at radius 3 is 2.63 bits per heavy atom. The Morgan fingerprint density at radius 2 is 1.93 bits per heavy atom. The number of ketones is 1. The molecule has 1 N–H and O–H groups in total. The molecule has 5 rings (SSSR count). The van der Waals surface area contributed by atoms with Crippen molar-refractivity contribution in [1.82, 2.24) is 19.7 Å². The third kappa shape index (κ3) is 3.00. The van der Waals surface area contributed by atoms with E-state index in [1.165, 1.54) is 6.20 Å². The molecule has 6 nitrogen and oxygen atoms in total. The number of halogens is 3. The van der Waals surface area contributed by atoms with Crippen LogP contribution in [0.5, 0.6) is 0 Å². The van der Waals surface area contributed by atoms with Gasteiger partial charge in [-0.3, -0.25) is 14.3 Å². The molecule has 1 aliphatic carbocycles. The van der Waals surface area contributed by atoms with Gasteiger partial charge in [-0.25, -0.2) is 0 Å². The van der Waals surface area contributed by atoms with Gasteiger partial charge in [0.2, 0.25) is 0 Å². The lowest BCUT2D eigenvalue weighted by Gasteiger charge is -2.28. The topological polar surface area (TPSA) is 71.0 Å². The number of carbonyl (C=O) groups is 2. The first kappa shape index (κ1) is 18.9. The minimum absolute atomic E-state index is 0.0172. The van der Waals surface area contributed by atoms with E-state index in [1.54, 1.807) is 15.6 Å². The first-order chi connectivity index (χ1) is 14.3. The molecule has 3 heterocycles. The van der Waals surface area contributed by atoms with Crippen molar-refractivity contribution in [2.75, 3.05) is 6.54 Å². The van der Waals surface area contributed by atoms with Gasteiger partial charge >= 0.3 is 6.18 Å². The van der Waals surface area contributed by atoms with E-state index in [-0.39, 0.29) is 30.9 Å². The Labute approximate surface area is 169 Å². The van der Waals surface area contributed by atoms with Crippen LogP contribution < -0.4 is 0 Å². The van der Waals surface area contributed by atoms with Gasteiger partial charge in [-0.1, -0.05) is 18.2 Å². The van der Waals surface area contributed by atoms with Gasteiger partial charge in [-0.15, -0.1) is 0 Å². The van der Waals surface area contributed by atoms with Crippen LogP contribution in [0.2, 0.25) is 0 Å². The van der Waals surface area contributed by atoms with Gasteiger partial charge in [0.25, 0.3) is 5.91 Å². The van der Waals surface area contributed by atoms with Crippen LogP contribution in [0.4, 0.5) is 13.2 Å². The number of nitrogens with zero attached hydrogens (tertiary/aromatic N) is 3. The molecule has 1 amide bonds. The fourth-order valence-electron chi connectivity index (χ4n) is 4.12. The molecule has 0 saturated heterocycles. The van der Waals surface area contributed by atoms with Crippen molar-refractivity contribution in [1.29, 1.82) is 0 Å². The van der Waals surface area contributed by atoms with Crippen LogP contribution in [0.3, 0.4) is 0 Å². The lowest BCUT2D eigenvalue weighted by molar-refractivity contribution is -0.185. The number of fused-ring (bicyclic) bond motifs is 2.